The molecule has 2 aromatic carbocycles. The molecule has 7 heteroatoms. The summed E-state index contributed by atoms with van der Waals surface area (Å²) >= 11 is 7.32. The normalized spacial score (nSPS) is 10.5. The molecule has 0 spiro atoms. The van der Waals surface area contributed by atoms with Crippen molar-refractivity contribution in [2.45, 2.75) is 13.8 Å². The summed E-state index contributed by atoms with van der Waals surface area (Å²) in [6.45, 7) is 3.30. The quantitative estimate of drug-likeness (QED) is 0.591. The molecular formula is C20H17ClN2O3S. The van der Waals surface area contributed by atoms with Crippen LogP contribution in [0.25, 0.3) is 11.3 Å². The summed E-state index contributed by atoms with van der Waals surface area (Å²) in [5.74, 6) is 0.198. The number of ether oxygens (including phenoxy) is 1. The number of amides is 1. The Bertz CT molecular complexity index is 966. The molecule has 1 N–H and O–H groups in total. The van der Waals surface area contributed by atoms with E-state index in [9.17, 15) is 9.59 Å². The maximum Gasteiger partial charge on any atom is 0.264 e. The molecule has 1 aromatic heterocycles. The molecule has 5 nitrogen and oxygen atoms in total. The van der Waals surface area contributed by atoms with Crippen LogP contribution in [0.1, 0.15) is 22.2 Å². The number of Topliss-reactive ketones (excluding diaryl/α,β-unsaturated/α-hetero) is 1. The fourth-order valence-corrected chi connectivity index (χ4v) is 3.39. The zero-order valence-electron chi connectivity index (χ0n) is 14.8. The van der Waals surface area contributed by atoms with E-state index in [-0.39, 0.29) is 18.3 Å². The zero-order valence-corrected chi connectivity index (χ0v) is 16.4. The fraction of sp³-hybridized carbons (Fsp3) is 0.150. The summed E-state index contributed by atoms with van der Waals surface area (Å²) in [6.07, 6.45) is 0. The van der Waals surface area contributed by atoms with Crippen molar-refractivity contribution in [2.24, 2.45) is 0 Å². The summed E-state index contributed by atoms with van der Waals surface area (Å²) in [7, 11) is 0. The number of carbonyl (C=O) groups excluding carboxylic acids is 2. The molecule has 0 aliphatic carbocycles. The SMILES string of the molecule is CC(=O)c1ccc(OCC(=O)Nc2nc(-c3ccc(Cl)cc3)c(C)s2)cc1. The third kappa shape index (κ3) is 4.93. The number of nitrogens with one attached hydrogen (secondary N) is 1. The Balaban J connectivity index is 1.60. The van der Waals surface area contributed by atoms with Gasteiger partial charge in [-0.05, 0) is 50.2 Å². The van der Waals surface area contributed by atoms with Crippen LogP contribution < -0.4 is 10.1 Å². The van der Waals surface area contributed by atoms with E-state index in [1.165, 1.54) is 18.3 Å². The van der Waals surface area contributed by atoms with E-state index in [1.807, 2.05) is 19.1 Å². The number of anilines is 1. The Morgan fingerprint density at radius 2 is 1.78 bits per heavy atom. The summed E-state index contributed by atoms with van der Waals surface area (Å²) in [5.41, 5.74) is 2.35. The van der Waals surface area contributed by atoms with Crippen LogP contribution in [-0.2, 0) is 4.79 Å². The van der Waals surface area contributed by atoms with Crippen LogP contribution in [-0.4, -0.2) is 23.3 Å². The fourth-order valence-electron chi connectivity index (χ4n) is 2.42. The van der Waals surface area contributed by atoms with Crippen molar-refractivity contribution in [3.8, 4) is 17.0 Å². The highest BCUT2D eigenvalue weighted by molar-refractivity contribution is 7.16. The van der Waals surface area contributed by atoms with Gasteiger partial charge in [-0.3, -0.25) is 14.9 Å². The standard InChI is InChI=1S/C20H17ClN2O3S/c1-12(24)14-5-9-17(10-6-14)26-11-18(25)22-20-23-19(13(2)27-20)15-3-7-16(21)8-4-15/h3-10H,11H2,1-2H3,(H,22,23,25). The predicted octanol–water partition coefficient (Wildman–Crippen LogP) is 4.99. The Morgan fingerprint density at radius 3 is 2.41 bits per heavy atom. The molecule has 0 fully saturated rings. The first-order valence-corrected chi connectivity index (χ1v) is 9.39. The predicted molar refractivity (Wildman–Crippen MR) is 108 cm³/mol. The summed E-state index contributed by atoms with van der Waals surface area (Å²) in [6, 6.07) is 14.1. The van der Waals surface area contributed by atoms with E-state index < -0.39 is 0 Å². The molecule has 3 aromatic rings. The van der Waals surface area contributed by atoms with E-state index in [0.29, 0.717) is 21.5 Å². The molecule has 0 unspecified atom stereocenters. The second-order valence-electron chi connectivity index (χ2n) is 5.85. The van der Waals surface area contributed by atoms with Gasteiger partial charge in [0, 0.05) is 21.0 Å². The molecular weight excluding hydrogens is 384 g/mol. The first-order chi connectivity index (χ1) is 12.9. The van der Waals surface area contributed by atoms with Crippen molar-refractivity contribution in [1.29, 1.82) is 0 Å². The largest absolute Gasteiger partial charge is 0.484 e. The Hall–Kier alpha value is -2.70. The van der Waals surface area contributed by atoms with E-state index in [4.69, 9.17) is 16.3 Å². The number of benzene rings is 2. The zero-order chi connectivity index (χ0) is 19.4. The van der Waals surface area contributed by atoms with Gasteiger partial charge in [0.05, 0.1) is 5.69 Å². The van der Waals surface area contributed by atoms with E-state index in [2.05, 4.69) is 10.3 Å². The Labute approximate surface area is 166 Å². The lowest BCUT2D eigenvalue weighted by Gasteiger charge is -2.06. The van der Waals surface area contributed by atoms with Gasteiger partial charge in [-0.1, -0.05) is 23.7 Å². The van der Waals surface area contributed by atoms with Gasteiger partial charge in [0.1, 0.15) is 5.75 Å². The van der Waals surface area contributed by atoms with Crippen molar-refractivity contribution in [3.05, 3.63) is 64.0 Å². The Kier molecular flexibility index (Phi) is 5.88. The van der Waals surface area contributed by atoms with Gasteiger partial charge in [0.15, 0.2) is 17.5 Å². The van der Waals surface area contributed by atoms with Crippen molar-refractivity contribution in [3.63, 3.8) is 0 Å². The van der Waals surface area contributed by atoms with Crippen LogP contribution in [0.4, 0.5) is 5.13 Å². The highest BCUT2D eigenvalue weighted by Crippen LogP contribution is 2.31. The van der Waals surface area contributed by atoms with Gasteiger partial charge in [-0.15, -0.1) is 11.3 Å². The average molecular weight is 401 g/mol. The Morgan fingerprint density at radius 1 is 1.11 bits per heavy atom. The summed E-state index contributed by atoms with van der Waals surface area (Å²) in [4.78, 5) is 28.9. The minimum Gasteiger partial charge on any atom is -0.484 e. The number of rotatable bonds is 6. The number of hydrogen-bond donors (Lipinski definition) is 1. The number of aryl methyl sites for hydroxylation is 1. The van der Waals surface area contributed by atoms with Crippen molar-refractivity contribution in [2.75, 3.05) is 11.9 Å². The highest BCUT2D eigenvalue weighted by Gasteiger charge is 2.12. The van der Waals surface area contributed by atoms with E-state index in [0.717, 1.165) is 16.1 Å². The van der Waals surface area contributed by atoms with Gasteiger partial charge in [0.2, 0.25) is 0 Å². The molecule has 0 bridgehead atoms. The number of halogens is 1. The number of nitrogens with zero attached hydrogens (tertiary/aromatic N) is 1. The summed E-state index contributed by atoms with van der Waals surface area (Å²) < 4.78 is 5.45. The van der Waals surface area contributed by atoms with Gasteiger partial charge in [-0.25, -0.2) is 4.98 Å². The van der Waals surface area contributed by atoms with E-state index >= 15 is 0 Å². The van der Waals surface area contributed by atoms with Crippen molar-refractivity contribution < 1.29 is 14.3 Å². The van der Waals surface area contributed by atoms with Crippen LogP contribution in [0.3, 0.4) is 0 Å². The second kappa shape index (κ2) is 8.33. The molecule has 27 heavy (non-hydrogen) atoms. The van der Waals surface area contributed by atoms with Crippen molar-refractivity contribution >= 4 is 39.8 Å². The smallest absolute Gasteiger partial charge is 0.264 e. The molecule has 0 aliphatic heterocycles. The number of aromatic nitrogens is 1. The van der Waals surface area contributed by atoms with Crippen molar-refractivity contribution in [1.82, 2.24) is 4.98 Å². The first kappa shape index (κ1) is 19.1. The van der Waals surface area contributed by atoms with Crippen LogP contribution in [0.15, 0.2) is 48.5 Å². The molecule has 0 atom stereocenters. The molecule has 1 heterocycles. The van der Waals surface area contributed by atoms with Crippen LogP contribution in [0, 0.1) is 6.92 Å². The number of ketones is 1. The molecule has 3 rings (SSSR count). The molecule has 0 saturated carbocycles. The number of carbonyl (C=O) groups is 2. The van der Waals surface area contributed by atoms with Gasteiger partial charge in [-0.2, -0.15) is 0 Å². The third-order valence-corrected chi connectivity index (χ3v) is 4.93. The molecule has 0 aliphatic rings. The van der Waals surface area contributed by atoms with Gasteiger partial charge >= 0.3 is 0 Å². The van der Waals surface area contributed by atoms with Gasteiger partial charge < -0.3 is 4.74 Å². The highest BCUT2D eigenvalue weighted by atomic mass is 35.5. The minimum atomic E-state index is -0.304. The van der Waals surface area contributed by atoms with Crippen LogP contribution in [0.2, 0.25) is 5.02 Å². The topological polar surface area (TPSA) is 68.3 Å². The molecule has 1 amide bonds. The number of hydrogen-bond acceptors (Lipinski definition) is 5. The maximum absolute atomic E-state index is 12.1. The summed E-state index contributed by atoms with van der Waals surface area (Å²) in [5, 5.41) is 3.92. The number of thiazole rings is 1. The monoisotopic (exact) mass is 400 g/mol. The molecule has 0 radical (unpaired) electrons. The lowest BCUT2D eigenvalue weighted by atomic mass is 10.1. The lowest BCUT2D eigenvalue weighted by Crippen LogP contribution is -2.20. The molecule has 0 saturated heterocycles. The molecule has 138 valence electrons. The lowest BCUT2D eigenvalue weighted by molar-refractivity contribution is -0.118. The third-order valence-electron chi connectivity index (χ3n) is 3.79. The van der Waals surface area contributed by atoms with Crippen LogP contribution >= 0.6 is 22.9 Å². The van der Waals surface area contributed by atoms with Gasteiger partial charge in [0.25, 0.3) is 5.91 Å². The van der Waals surface area contributed by atoms with E-state index in [1.54, 1.807) is 36.4 Å². The second-order valence-corrected chi connectivity index (χ2v) is 7.49. The van der Waals surface area contributed by atoms with Crippen LogP contribution in [0.5, 0.6) is 5.75 Å². The maximum atomic E-state index is 12.1. The average Bonchev–Trinajstić information content (AvgIpc) is 3.01. The minimum absolute atomic E-state index is 0.0186. The first-order valence-electron chi connectivity index (χ1n) is 8.19.